The van der Waals surface area contributed by atoms with Gasteiger partial charge in [0.2, 0.25) is 5.91 Å². The highest BCUT2D eigenvalue weighted by Crippen LogP contribution is 2.21. The number of carbonyl (C=O) groups excluding carboxylic acids is 1. The number of nitrogens with zero attached hydrogens (tertiary/aromatic N) is 2. The van der Waals surface area contributed by atoms with Gasteiger partial charge in [-0.1, -0.05) is 12.1 Å². The third-order valence-electron chi connectivity index (χ3n) is 3.93. The summed E-state index contributed by atoms with van der Waals surface area (Å²) in [5.41, 5.74) is 1.02. The van der Waals surface area contributed by atoms with Gasteiger partial charge in [0.25, 0.3) is 0 Å². The van der Waals surface area contributed by atoms with Crippen molar-refractivity contribution in [1.29, 1.82) is 0 Å². The lowest BCUT2D eigenvalue weighted by Crippen LogP contribution is -2.25. The molecule has 0 unspecified atom stereocenters. The van der Waals surface area contributed by atoms with E-state index in [2.05, 4.69) is 15.2 Å². The molecule has 1 saturated heterocycles. The Hall–Kier alpha value is -2.08. The van der Waals surface area contributed by atoms with Crippen LogP contribution in [0.4, 0.5) is 10.2 Å². The summed E-state index contributed by atoms with van der Waals surface area (Å²) in [6, 6.07) is 10.4. The number of rotatable bonds is 6. The average Bonchev–Trinajstić information content (AvgIpc) is 3.14. The van der Waals surface area contributed by atoms with Gasteiger partial charge in [-0.3, -0.25) is 4.79 Å². The molecule has 1 aliphatic rings. The third kappa shape index (κ3) is 4.47. The number of nitrogens with one attached hydrogen (secondary N) is 1. The number of aromatic nitrogens is 1. The van der Waals surface area contributed by atoms with E-state index in [9.17, 15) is 9.18 Å². The lowest BCUT2D eigenvalue weighted by atomic mass is 10.2. The van der Waals surface area contributed by atoms with E-state index in [4.69, 9.17) is 0 Å². The van der Waals surface area contributed by atoms with Crippen LogP contribution in [0.25, 0.3) is 0 Å². The lowest BCUT2D eigenvalue weighted by Gasteiger charge is -2.17. The van der Waals surface area contributed by atoms with E-state index in [-0.39, 0.29) is 17.5 Å². The van der Waals surface area contributed by atoms with Crippen LogP contribution in [-0.4, -0.2) is 29.7 Å². The molecule has 0 atom stereocenters. The van der Waals surface area contributed by atoms with Crippen molar-refractivity contribution < 1.29 is 9.18 Å². The summed E-state index contributed by atoms with van der Waals surface area (Å²) in [7, 11) is 0. The molecule has 0 spiro atoms. The highest BCUT2D eigenvalue weighted by molar-refractivity contribution is 8.00. The number of hydrogen-bond donors (Lipinski definition) is 1. The highest BCUT2D eigenvalue weighted by atomic mass is 32.2. The molecular formula is C18H20FN3OS. The molecule has 2 aromatic rings. The molecule has 0 aliphatic carbocycles. The molecule has 1 fully saturated rings. The number of halogens is 1. The Morgan fingerprint density at radius 2 is 2.04 bits per heavy atom. The molecule has 0 saturated carbocycles. The molecule has 1 aliphatic heterocycles. The van der Waals surface area contributed by atoms with Gasteiger partial charge in [-0.25, -0.2) is 9.37 Å². The van der Waals surface area contributed by atoms with Gasteiger partial charge in [0, 0.05) is 30.7 Å². The number of carbonyl (C=O) groups is 1. The van der Waals surface area contributed by atoms with Crippen molar-refractivity contribution in [3.8, 4) is 0 Å². The van der Waals surface area contributed by atoms with E-state index in [1.54, 1.807) is 24.4 Å². The molecule has 4 nitrogen and oxygen atoms in total. The fraction of sp³-hybridized carbons (Fsp3) is 0.333. The van der Waals surface area contributed by atoms with Gasteiger partial charge in [-0.15, -0.1) is 11.8 Å². The van der Waals surface area contributed by atoms with Gasteiger partial charge in [0.15, 0.2) is 0 Å². The lowest BCUT2D eigenvalue weighted by molar-refractivity contribution is -0.118. The first kappa shape index (κ1) is 16.8. The van der Waals surface area contributed by atoms with Crippen molar-refractivity contribution >= 4 is 23.5 Å². The molecule has 2 heterocycles. The van der Waals surface area contributed by atoms with E-state index in [1.165, 1.54) is 30.7 Å². The number of hydrogen-bond acceptors (Lipinski definition) is 4. The zero-order chi connectivity index (χ0) is 16.8. The normalized spacial score (nSPS) is 14.0. The van der Waals surface area contributed by atoms with Gasteiger partial charge in [0.05, 0.1) is 5.75 Å². The second kappa shape index (κ2) is 8.15. The van der Waals surface area contributed by atoms with E-state index in [0.717, 1.165) is 24.5 Å². The number of thioether (sulfide) groups is 1. The summed E-state index contributed by atoms with van der Waals surface area (Å²) < 4.78 is 13.5. The first-order chi connectivity index (χ1) is 11.7. The van der Waals surface area contributed by atoms with Crippen LogP contribution in [0.2, 0.25) is 0 Å². The minimum Gasteiger partial charge on any atom is -0.357 e. The molecule has 1 aromatic heterocycles. The van der Waals surface area contributed by atoms with Crippen LogP contribution in [-0.2, 0) is 11.3 Å². The average molecular weight is 345 g/mol. The maximum absolute atomic E-state index is 13.5. The van der Waals surface area contributed by atoms with Crippen LogP contribution >= 0.6 is 11.8 Å². The minimum absolute atomic E-state index is 0.109. The zero-order valence-electron chi connectivity index (χ0n) is 13.4. The first-order valence-corrected chi connectivity index (χ1v) is 9.05. The van der Waals surface area contributed by atoms with Crippen molar-refractivity contribution in [3.63, 3.8) is 0 Å². The largest absolute Gasteiger partial charge is 0.357 e. The van der Waals surface area contributed by atoms with E-state index in [1.807, 2.05) is 12.1 Å². The molecule has 1 amide bonds. The van der Waals surface area contributed by atoms with Gasteiger partial charge in [-0.05, 0) is 42.7 Å². The van der Waals surface area contributed by atoms with Crippen molar-refractivity contribution in [2.24, 2.45) is 0 Å². The van der Waals surface area contributed by atoms with Crippen LogP contribution in [0.1, 0.15) is 18.4 Å². The summed E-state index contributed by atoms with van der Waals surface area (Å²) in [5.74, 6) is 0.771. The second-order valence-electron chi connectivity index (χ2n) is 5.71. The topological polar surface area (TPSA) is 45.2 Å². The molecule has 24 heavy (non-hydrogen) atoms. The standard InChI is InChI=1S/C18H20FN3OS/c19-15-5-1-2-6-16(15)24-13-18(23)21-12-14-7-8-20-17(11-14)22-9-3-4-10-22/h1-2,5-8,11H,3-4,9-10,12-13H2,(H,21,23). The maximum Gasteiger partial charge on any atom is 0.230 e. The Bertz CT molecular complexity index is 704. The number of pyridine rings is 1. The van der Waals surface area contributed by atoms with Crippen molar-refractivity contribution in [1.82, 2.24) is 10.3 Å². The van der Waals surface area contributed by atoms with E-state index < -0.39 is 0 Å². The Balaban J connectivity index is 1.49. The monoisotopic (exact) mass is 345 g/mol. The van der Waals surface area contributed by atoms with Gasteiger partial charge in [-0.2, -0.15) is 0 Å². The van der Waals surface area contributed by atoms with Gasteiger partial charge in [0.1, 0.15) is 11.6 Å². The Labute approximate surface area is 145 Å². The van der Waals surface area contributed by atoms with Crippen LogP contribution < -0.4 is 10.2 Å². The molecule has 3 rings (SSSR count). The fourth-order valence-electron chi connectivity index (χ4n) is 2.65. The number of benzene rings is 1. The Morgan fingerprint density at radius 1 is 1.25 bits per heavy atom. The maximum atomic E-state index is 13.5. The van der Waals surface area contributed by atoms with Crippen LogP contribution in [0.5, 0.6) is 0 Å². The summed E-state index contributed by atoms with van der Waals surface area (Å²) in [4.78, 5) is 19.1. The molecule has 0 bridgehead atoms. The summed E-state index contributed by atoms with van der Waals surface area (Å²) in [6.07, 6.45) is 4.19. The zero-order valence-corrected chi connectivity index (χ0v) is 14.2. The number of amides is 1. The highest BCUT2D eigenvalue weighted by Gasteiger charge is 2.13. The molecule has 1 N–H and O–H groups in total. The van der Waals surface area contributed by atoms with Crippen LogP contribution in [0.15, 0.2) is 47.5 Å². The molecule has 126 valence electrons. The van der Waals surface area contributed by atoms with Crippen LogP contribution in [0.3, 0.4) is 0 Å². The smallest absolute Gasteiger partial charge is 0.230 e. The first-order valence-electron chi connectivity index (χ1n) is 8.06. The SMILES string of the molecule is O=C(CSc1ccccc1F)NCc1ccnc(N2CCCC2)c1. The third-order valence-corrected chi connectivity index (χ3v) is 4.97. The van der Waals surface area contributed by atoms with E-state index in [0.29, 0.717) is 11.4 Å². The Morgan fingerprint density at radius 3 is 2.83 bits per heavy atom. The number of anilines is 1. The molecule has 6 heteroatoms. The Kier molecular flexibility index (Phi) is 5.69. The van der Waals surface area contributed by atoms with Crippen molar-refractivity contribution in [2.75, 3.05) is 23.7 Å². The van der Waals surface area contributed by atoms with Crippen LogP contribution in [0, 0.1) is 5.82 Å². The molecule has 0 radical (unpaired) electrons. The van der Waals surface area contributed by atoms with Gasteiger partial charge < -0.3 is 10.2 Å². The minimum atomic E-state index is -0.292. The van der Waals surface area contributed by atoms with E-state index >= 15 is 0 Å². The predicted octanol–water partition coefficient (Wildman–Crippen LogP) is 3.23. The quantitative estimate of drug-likeness (QED) is 0.817. The summed E-state index contributed by atoms with van der Waals surface area (Å²) in [5, 5.41) is 2.88. The predicted molar refractivity (Wildman–Crippen MR) is 94.7 cm³/mol. The molecular weight excluding hydrogens is 325 g/mol. The van der Waals surface area contributed by atoms with Crippen molar-refractivity contribution in [2.45, 2.75) is 24.3 Å². The summed E-state index contributed by atoms with van der Waals surface area (Å²) >= 11 is 1.21. The second-order valence-corrected chi connectivity index (χ2v) is 6.73. The summed E-state index contributed by atoms with van der Waals surface area (Å²) in [6.45, 7) is 2.55. The fourth-order valence-corrected chi connectivity index (χ4v) is 3.42. The van der Waals surface area contributed by atoms with Gasteiger partial charge >= 0.3 is 0 Å². The molecule has 1 aromatic carbocycles. The van der Waals surface area contributed by atoms with Crippen molar-refractivity contribution in [3.05, 3.63) is 54.0 Å².